The highest BCUT2D eigenvalue weighted by atomic mass is 16.3. The first kappa shape index (κ1) is 16.0. The first-order chi connectivity index (χ1) is 10.6. The number of carbonyl (C=O) groups excluding carboxylic acids is 1. The Morgan fingerprint density at radius 2 is 2.00 bits per heavy atom. The van der Waals surface area contributed by atoms with Gasteiger partial charge in [-0.1, -0.05) is 29.8 Å². The van der Waals surface area contributed by atoms with Crippen LogP contribution < -0.4 is 5.32 Å². The zero-order chi connectivity index (χ0) is 15.9. The van der Waals surface area contributed by atoms with Crippen LogP contribution >= 0.6 is 0 Å². The van der Waals surface area contributed by atoms with E-state index in [-0.39, 0.29) is 11.9 Å². The molecule has 0 bridgehead atoms. The second kappa shape index (κ2) is 7.61. The van der Waals surface area contributed by atoms with Crippen molar-refractivity contribution in [2.75, 3.05) is 20.6 Å². The summed E-state index contributed by atoms with van der Waals surface area (Å²) in [5.74, 6) is 0.729. The average molecular weight is 298 g/mol. The smallest absolute Gasteiger partial charge is 0.244 e. The van der Waals surface area contributed by atoms with Gasteiger partial charge >= 0.3 is 0 Å². The van der Waals surface area contributed by atoms with Crippen LogP contribution in [0.25, 0.3) is 6.08 Å². The molecule has 2 rings (SSSR count). The molecular formula is C18H22N2O2. The Balaban J connectivity index is 1.90. The lowest BCUT2D eigenvalue weighted by atomic mass is 10.1. The number of nitrogens with one attached hydrogen (secondary N) is 1. The summed E-state index contributed by atoms with van der Waals surface area (Å²) in [6, 6.07) is 11.8. The molecule has 1 heterocycles. The molecular weight excluding hydrogens is 276 g/mol. The highest BCUT2D eigenvalue weighted by Gasteiger charge is 2.17. The van der Waals surface area contributed by atoms with E-state index in [9.17, 15) is 4.79 Å². The van der Waals surface area contributed by atoms with Crippen molar-refractivity contribution < 1.29 is 9.21 Å². The Hall–Kier alpha value is -2.33. The van der Waals surface area contributed by atoms with Crippen LogP contribution in [0.1, 0.15) is 22.9 Å². The highest BCUT2D eigenvalue weighted by Crippen LogP contribution is 2.17. The van der Waals surface area contributed by atoms with Crippen LogP contribution in [0, 0.1) is 6.92 Å². The molecule has 22 heavy (non-hydrogen) atoms. The van der Waals surface area contributed by atoms with E-state index in [1.54, 1.807) is 12.3 Å². The summed E-state index contributed by atoms with van der Waals surface area (Å²) in [5.41, 5.74) is 2.21. The summed E-state index contributed by atoms with van der Waals surface area (Å²) in [4.78, 5) is 13.9. The molecule has 0 saturated carbocycles. The number of likely N-dealkylation sites (N-methyl/N-ethyl adjacent to an activating group) is 1. The van der Waals surface area contributed by atoms with Gasteiger partial charge in [0.2, 0.25) is 5.91 Å². The Bertz CT molecular complexity index is 613. The van der Waals surface area contributed by atoms with E-state index >= 15 is 0 Å². The van der Waals surface area contributed by atoms with Crippen molar-refractivity contribution >= 4 is 12.0 Å². The fraction of sp³-hybridized carbons (Fsp3) is 0.278. The molecule has 1 amide bonds. The van der Waals surface area contributed by atoms with Gasteiger partial charge in [-0.25, -0.2) is 0 Å². The Morgan fingerprint density at radius 1 is 1.27 bits per heavy atom. The maximum Gasteiger partial charge on any atom is 0.244 e. The lowest BCUT2D eigenvalue weighted by Crippen LogP contribution is -2.33. The summed E-state index contributed by atoms with van der Waals surface area (Å²) in [7, 11) is 3.92. The Labute approximate surface area is 131 Å². The van der Waals surface area contributed by atoms with Crippen LogP contribution in [0.5, 0.6) is 0 Å². The van der Waals surface area contributed by atoms with Crippen LogP contribution in [0.15, 0.2) is 53.2 Å². The lowest BCUT2D eigenvalue weighted by molar-refractivity contribution is -0.116. The molecule has 4 nitrogen and oxygen atoms in total. The molecule has 1 aromatic carbocycles. The van der Waals surface area contributed by atoms with Crippen LogP contribution in [0.2, 0.25) is 0 Å². The van der Waals surface area contributed by atoms with Crippen molar-refractivity contribution in [1.29, 1.82) is 0 Å². The number of hydrogen-bond acceptors (Lipinski definition) is 3. The number of aryl methyl sites for hydroxylation is 1. The zero-order valence-electron chi connectivity index (χ0n) is 13.2. The second-order valence-corrected chi connectivity index (χ2v) is 5.48. The summed E-state index contributed by atoms with van der Waals surface area (Å²) < 4.78 is 5.42. The molecule has 0 fully saturated rings. The third-order valence-electron chi connectivity index (χ3n) is 3.47. The minimum atomic E-state index is -0.112. The van der Waals surface area contributed by atoms with Gasteiger partial charge in [-0.3, -0.25) is 9.69 Å². The van der Waals surface area contributed by atoms with Gasteiger partial charge in [0.25, 0.3) is 0 Å². The SMILES string of the molecule is Cc1ccc(C=CC(=O)NCC(c2ccco2)N(C)C)cc1. The fourth-order valence-corrected chi connectivity index (χ4v) is 2.12. The predicted octanol–water partition coefficient (Wildman–Crippen LogP) is 3.02. The summed E-state index contributed by atoms with van der Waals surface area (Å²) in [6.07, 6.45) is 5.01. The number of nitrogens with zero attached hydrogens (tertiary/aromatic N) is 1. The maximum absolute atomic E-state index is 11.9. The second-order valence-electron chi connectivity index (χ2n) is 5.48. The third-order valence-corrected chi connectivity index (χ3v) is 3.47. The van der Waals surface area contributed by atoms with Gasteiger partial charge in [-0.2, -0.15) is 0 Å². The molecule has 0 radical (unpaired) electrons. The molecule has 0 saturated heterocycles. The molecule has 1 unspecified atom stereocenters. The summed E-state index contributed by atoms with van der Waals surface area (Å²) in [5, 5.41) is 2.91. The zero-order valence-corrected chi connectivity index (χ0v) is 13.2. The van der Waals surface area contributed by atoms with E-state index in [0.717, 1.165) is 11.3 Å². The van der Waals surface area contributed by atoms with Gasteiger partial charge in [0, 0.05) is 12.6 Å². The van der Waals surface area contributed by atoms with Gasteiger partial charge in [0.1, 0.15) is 5.76 Å². The van der Waals surface area contributed by atoms with Gasteiger partial charge in [-0.15, -0.1) is 0 Å². The minimum Gasteiger partial charge on any atom is -0.468 e. The summed E-state index contributed by atoms with van der Waals surface area (Å²) in [6.45, 7) is 2.54. The first-order valence-corrected chi connectivity index (χ1v) is 7.28. The molecule has 1 aromatic heterocycles. The van der Waals surface area contributed by atoms with Crippen molar-refractivity contribution in [1.82, 2.24) is 10.2 Å². The number of amides is 1. The van der Waals surface area contributed by atoms with E-state index in [1.807, 2.05) is 68.4 Å². The minimum absolute atomic E-state index is 0.0201. The summed E-state index contributed by atoms with van der Waals surface area (Å²) >= 11 is 0. The van der Waals surface area contributed by atoms with E-state index in [1.165, 1.54) is 5.56 Å². The van der Waals surface area contributed by atoms with Crippen molar-refractivity contribution in [3.63, 3.8) is 0 Å². The predicted molar refractivity (Wildman–Crippen MR) is 88.4 cm³/mol. The van der Waals surface area contributed by atoms with E-state index in [2.05, 4.69) is 5.32 Å². The Morgan fingerprint density at radius 3 is 2.59 bits per heavy atom. The maximum atomic E-state index is 11.9. The van der Waals surface area contributed by atoms with Gasteiger partial charge in [0.05, 0.1) is 12.3 Å². The molecule has 116 valence electrons. The molecule has 1 atom stereocenters. The average Bonchev–Trinajstić information content (AvgIpc) is 3.00. The fourth-order valence-electron chi connectivity index (χ4n) is 2.12. The molecule has 0 aliphatic carbocycles. The molecule has 0 aliphatic rings. The highest BCUT2D eigenvalue weighted by molar-refractivity contribution is 5.91. The van der Waals surface area contributed by atoms with Gasteiger partial charge < -0.3 is 9.73 Å². The number of carbonyl (C=O) groups is 1. The van der Waals surface area contributed by atoms with E-state index in [4.69, 9.17) is 4.42 Å². The van der Waals surface area contributed by atoms with Crippen molar-refractivity contribution in [3.05, 3.63) is 65.6 Å². The van der Waals surface area contributed by atoms with Crippen molar-refractivity contribution in [2.45, 2.75) is 13.0 Å². The number of hydrogen-bond donors (Lipinski definition) is 1. The van der Waals surface area contributed by atoms with Crippen molar-refractivity contribution in [2.24, 2.45) is 0 Å². The number of benzene rings is 1. The number of rotatable bonds is 6. The van der Waals surface area contributed by atoms with Crippen LogP contribution in [-0.2, 0) is 4.79 Å². The molecule has 1 N–H and O–H groups in total. The monoisotopic (exact) mass is 298 g/mol. The topological polar surface area (TPSA) is 45.5 Å². The molecule has 0 aliphatic heterocycles. The quantitative estimate of drug-likeness (QED) is 0.834. The van der Waals surface area contributed by atoms with E-state index in [0.29, 0.717) is 6.54 Å². The standard InChI is InChI=1S/C18H22N2O2/c1-14-6-8-15(9-7-14)10-11-18(21)19-13-16(20(2)3)17-5-4-12-22-17/h4-12,16H,13H2,1-3H3,(H,19,21). The van der Waals surface area contributed by atoms with Crippen LogP contribution in [0.3, 0.4) is 0 Å². The van der Waals surface area contributed by atoms with Crippen molar-refractivity contribution in [3.8, 4) is 0 Å². The number of furan rings is 1. The van der Waals surface area contributed by atoms with Crippen LogP contribution in [-0.4, -0.2) is 31.4 Å². The Kier molecular flexibility index (Phi) is 5.55. The van der Waals surface area contributed by atoms with Crippen LogP contribution in [0.4, 0.5) is 0 Å². The van der Waals surface area contributed by atoms with Gasteiger partial charge in [-0.05, 0) is 44.8 Å². The molecule has 2 aromatic rings. The normalized spacial score (nSPS) is 12.7. The lowest BCUT2D eigenvalue weighted by Gasteiger charge is -2.22. The van der Waals surface area contributed by atoms with E-state index < -0.39 is 0 Å². The van der Waals surface area contributed by atoms with Gasteiger partial charge in [0.15, 0.2) is 0 Å². The molecule has 0 spiro atoms. The molecule has 4 heteroatoms. The third kappa shape index (κ3) is 4.60. The first-order valence-electron chi connectivity index (χ1n) is 7.28. The largest absolute Gasteiger partial charge is 0.468 e.